The van der Waals surface area contributed by atoms with Gasteiger partial charge in [0.1, 0.15) is 5.75 Å². The topological polar surface area (TPSA) is 96.5 Å². The summed E-state index contributed by atoms with van der Waals surface area (Å²) in [7, 11) is 0. The number of hydrogen-bond donors (Lipinski definition) is 3. The van der Waals surface area contributed by atoms with Crippen LogP contribution >= 0.6 is 0 Å². The molecule has 0 spiro atoms. The van der Waals surface area contributed by atoms with Gasteiger partial charge in [0.05, 0.1) is 0 Å². The van der Waals surface area contributed by atoms with Crippen LogP contribution in [0.25, 0.3) is 0 Å². The molecular weight excluding hydrogens is 394 g/mol. The lowest BCUT2D eigenvalue weighted by Crippen LogP contribution is -2.43. The molecule has 0 aliphatic rings. The molecule has 7 heteroatoms. The molecule has 0 aliphatic carbocycles. The molecule has 3 N–H and O–H groups in total. The van der Waals surface area contributed by atoms with E-state index in [1.54, 1.807) is 24.3 Å². The number of carbonyl (C=O) groups excluding carboxylic acids is 3. The lowest BCUT2D eigenvalue weighted by molar-refractivity contribution is -0.123. The number of hydrazine groups is 1. The Labute approximate surface area is 183 Å². The Balaban J connectivity index is 1.82. The zero-order chi connectivity index (χ0) is 22.8. The molecule has 1 atom stereocenters. The molecule has 0 heterocycles. The van der Waals surface area contributed by atoms with Gasteiger partial charge < -0.3 is 10.1 Å². The van der Waals surface area contributed by atoms with Crippen LogP contribution in [0.2, 0.25) is 0 Å². The number of nitrogens with one attached hydrogen (secondary N) is 3. The van der Waals surface area contributed by atoms with Gasteiger partial charge >= 0.3 is 0 Å². The molecule has 7 nitrogen and oxygen atoms in total. The van der Waals surface area contributed by atoms with Gasteiger partial charge in [-0.3, -0.25) is 25.2 Å². The molecule has 0 fully saturated rings. The summed E-state index contributed by atoms with van der Waals surface area (Å²) in [5, 5.41) is 2.78. The molecule has 0 aromatic heterocycles. The standard InChI is InChI=1S/C24H31N3O4/c1-5-17(4)20-8-6-7-9-21(20)31-15-23(29)26-27-24(30)18-10-12-19(13-11-18)25-22(28)14-16(2)3/h6-13,16-17H,5,14-15H2,1-4H3,(H,25,28)(H,26,29)(H,27,30). The number of benzene rings is 2. The zero-order valence-corrected chi connectivity index (χ0v) is 18.5. The first-order valence-corrected chi connectivity index (χ1v) is 10.5. The first-order valence-electron chi connectivity index (χ1n) is 10.5. The Morgan fingerprint density at radius 3 is 2.23 bits per heavy atom. The summed E-state index contributed by atoms with van der Waals surface area (Å²) < 4.78 is 5.64. The largest absolute Gasteiger partial charge is 0.483 e. The molecule has 2 aromatic carbocycles. The molecule has 0 radical (unpaired) electrons. The van der Waals surface area contributed by atoms with Crippen molar-refractivity contribution < 1.29 is 19.1 Å². The Bertz CT molecular complexity index is 894. The van der Waals surface area contributed by atoms with E-state index in [-0.39, 0.29) is 18.4 Å². The van der Waals surface area contributed by atoms with E-state index in [0.29, 0.717) is 29.3 Å². The van der Waals surface area contributed by atoms with E-state index in [1.165, 1.54) is 0 Å². The van der Waals surface area contributed by atoms with Crippen LogP contribution in [0.5, 0.6) is 5.75 Å². The number of rotatable bonds is 9. The molecule has 0 bridgehead atoms. The number of para-hydroxylation sites is 1. The molecule has 0 saturated heterocycles. The molecule has 166 valence electrons. The third-order valence-corrected chi connectivity index (χ3v) is 4.76. The fraction of sp³-hybridized carbons (Fsp3) is 0.375. The van der Waals surface area contributed by atoms with Gasteiger partial charge in [0.15, 0.2) is 6.61 Å². The summed E-state index contributed by atoms with van der Waals surface area (Å²) >= 11 is 0. The maximum atomic E-state index is 12.2. The predicted octanol–water partition coefficient (Wildman–Crippen LogP) is 4.02. The summed E-state index contributed by atoms with van der Waals surface area (Å²) in [6.45, 7) is 7.92. The van der Waals surface area contributed by atoms with Gasteiger partial charge in [-0.15, -0.1) is 0 Å². The van der Waals surface area contributed by atoms with Gasteiger partial charge in [0, 0.05) is 17.7 Å². The van der Waals surface area contributed by atoms with Gasteiger partial charge in [-0.25, -0.2) is 0 Å². The predicted molar refractivity (Wildman–Crippen MR) is 121 cm³/mol. The van der Waals surface area contributed by atoms with Crippen molar-refractivity contribution in [3.05, 3.63) is 59.7 Å². The minimum Gasteiger partial charge on any atom is -0.483 e. The van der Waals surface area contributed by atoms with Crippen LogP contribution in [0.4, 0.5) is 5.69 Å². The number of carbonyl (C=O) groups is 3. The molecule has 2 aromatic rings. The van der Waals surface area contributed by atoms with E-state index in [4.69, 9.17) is 4.74 Å². The van der Waals surface area contributed by atoms with Crippen molar-refractivity contribution in [3.63, 3.8) is 0 Å². The van der Waals surface area contributed by atoms with E-state index >= 15 is 0 Å². The number of anilines is 1. The minimum absolute atomic E-state index is 0.0747. The van der Waals surface area contributed by atoms with Crippen LogP contribution in [-0.2, 0) is 9.59 Å². The number of hydrogen-bond acceptors (Lipinski definition) is 4. The second-order valence-electron chi connectivity index (χ2n) is 7.86. The average Bonchev–Trinajstić information content (AvgIpc) is 2.75. The van der Waals surface area contributed by atoms with Crippen molar-refractivity contribution in [3.8, 4) is 5.75 Å². The summed E-state index contributed by atoms with van der Waals surface area (Å²) in [4.78, 5) is 36.1. The van der Waals surface area contributed by atoms with Crippen molar-refractivity contribution in [1.29, 1.82) is 0 Å². The summed E-state index contributed by atoms with van der Waals surface area (Å²) in [6.07, 6.45) is 1.39. The quantitative estimate of drug-likeness (QED) is 0.529. The van der Waals surface area contributed by atoms with E-state index in [9.17, 15) is 14.4 Å². The lowest BCUT2D eigenvalue weighted by Gasteiger charge is -2.15. The first kappa shape index (κ1) is 23.9. The number of amides is 3. The average molecular weight is 426 g/mol. The van der Waals surface area contributed by atoms with Crippen molar-refractivity contribution in [2.45, 2.75) is 46.5 Å². The zero-order valence-electron chi connectivity index (χ0n) is 18.5. The summed E-state index contributed by atoms with van der Waals surface area (Å²) in [5.41, 5.74) is 6.72. The highest BCUT2D eigenvalue weighted by molar-refractivity contribution is 5.96. The van der Waals surface area contributed by atoms with Crippen molar-refractivity contribution in [2.24, 2.45) is 5.92 Å². The third kappa shape index (κ3) is 7.77. The molecule has 31 heavy (non-hydrogen) atoms. The van der Waals surface area contributed by atoms with Crippen LogP contribution in [-0.4, -0.2) is 24.3 Å². The molecule has 3 amide bonds. The normalized spacial score (nSPS) is 11.5. The maximum absolute atomic E-state index is 12.2. The van der Waals surface area contributed by atoms with Gasteiger partial charge in [-0.05, 0) is 54.2 Å². The van der Waals surface area contributed by atoms with E-state index < -0.39 is 11.8 Å². The molecule has 0 aliphatic heterocycles. The molecular formula is C24H31N3O4. The molecule has 0 saturated carbocycles. The smallest absolute Gasteiger partial charge is 0.276 e. The van der Waals surface area contributed by atoms with Gasteiger partial charge in [0.25, 0.3) is 11.8 Å². The Hall–Kier alpha value is -3.35. The van der Waals surface area contributed by atoms with Gasteiger partial charge in [0.2, 0.25) is 5.91 Å². The van der Waals surface area contributed by atoms with Crippen LogP contribution in [0, 0.1) is 5.92 Å². The van der Waals surface area contributed by atoms with E-state index in [0.717, 1.165) is 12.0 Å². The Kier molecular flexibility index (Phi) is 9.06. The highest BCUT2D eigenvalue weighted by Gasteiger charge is 2.12. The van der Waals surface area contributed by atoms with Crippen LogP contribution in [0.3, 0.4) is 0 Å². The van der Waals surface area contributed by atoms with Crippen LogP contribution in [0.15, 0.2) is 48.5 Å². The second-order valence-corrected chi connectivity index (χ2v) is 7.86. The highest BCUT2D eigenvalue weighted by atomic mass is 16.5. The highest BCUT2D eigenvalue weighted by Crippen LogP contribution is 2.28. The number of ether oxygens (including phenoxy) is 1. The van der Waals surface area contributed by atoms with Gasteiger partial charge in [-0.2, -0.15) is 0 Å². The molecule has 1 unspecified atom stereocenters. The Morgan fingerprint density at radius 1 is 0.903 bits per heavy atom. The SMILES string of the molecule is CCC(C)c1ccccc1OCC(=O)NNC(=O)c1ccc(NC(=O)CC(C)C)cc1. The summed E-state index contributed by atoms with van der Waals surface area (Å²) in [6, 6.07) is 14.0. The second kappa shape index (κ2) is 11.7. The Morgan fingerprint density at radius 2 is 1.58 bits per heavy atom. The minimum atomic E-state index is -0.468. The summed E-state index contributed by atoms with van der Waals surface area (Å²) in [5.74, 6) is 0.236. The van der Waals surface area contributed by atoms with E-state index in [2.05, 4.69) is 30.0 Å². The fourth-order valence-electron chi connectivity index (χ4n) is 2.90. The van der Waals surface area contributed by atoms with Crippen molar-refractivity contribution in [2.75, 3.05) is 11.9 Å². The molecule has 2 rings (SSSR count). The van der Waals surface area contributed by atoms with Crippen molar-refractivity contribution in [1.82, 2.24) is 10.9 Å². The van der Waals surface area contributed by atoms with Crippen molar-refractivity contribution >= 4 is 23.4 Å². The first-order chi connectivity index (χ1) is 14.8. The van der Waals surface area contributed by atoms with Gasteiger partial charge in [-0.1, -0.05) is 45.9 Å². The monoisotopic (exact) mass is 425 g/mol. The maximum Gasteiger partial charge on any atom is 0.276 e. The van der Waals surface area contributed by atoms with Crippen LogP contribution < -0.4 is 20.9 Å². The fourth-order valence-corrected chi connectivity index (χ4v) is 2.90. The van der Waals surface area contributed by atoms with E-state index in [1.807, 2.05) is 38.1 Å². The third-order valence-electron chi connectivity index (χ3n) is 4.76. The lowest BCUT2D eigenvalue weighted by atomic mass is 9.98. The van der Waals surface area contributed by atoms with Crippen LogP contribution in [0.1, 0.15) is 62.4 Å².